The van der Waals surface area contributed by atoms with Gasteiger partial charge in [0.1, 0.15) is 5.75 Å². The molecule has 0 saturated carbocycles. The maximum absolute atomic E-state index is 12.7. The minimum absolute atomic E-state index is 0.0163. The van der Waals surface area contributed by atoms with Crippen molar-refractivity contribution in [1.82, 2.24) is 4.90 Å². The summed E-state index contributed by atoms with van der Waals surface area (Å²) in [6.07, 6.45) is 0.516. The summed E-state index contributed by atoms with van der Waals surface area (Å²) in [6, 6.07) is 6.91. The topological polar surface area (TPSA) is 76.1 Å². The highest BCUT2D eigenvalue weighted by molar-refractivity contribution is 5.94. The van der Waals surface area contributed by atoms with Crippen LogP contribution in [0, 0.1) is 5.92 Å². The van der Waals surface area contributed by atoms with Crippen molar-refractivity contribution in [2.24, 2.45) is 5.92 Å². The summed E-state index contributed by atoms with van der Waals surface area (Å²) in [5.41, 5.74) is 0.515. The summed E-state index contributed by atoms with van der Waals surface area (Å²) < 4.78 is 10.3. The van der Waals surface area contributed by atoms with E-state index in [2.05, 4.69) is 0 Å². The van der Waals surface area contributed by atoms with Gasteiger partial charge in [0, 0.05) is 25.3 Å². The lowest BCUT2D eigenvalue weighted by atomic mass is 10.1. The highest BCUT2D eigenvalue weighted by Gasteiger charge is 2.22. The van der Waals surface area contributed by atoms with Crippen molar-refractivity contribution in [2.45, 2.75) is 33.3 Å². The van der Waals surface area contributed by atoms with Gasteiger partial charge in [-0.05, 0) is 44.5 Å². The third kappa shape index (κ3) is 6.20. The van der Waals surface area contributed by atoms with Gasteiger partial charge in [0.05, 0.1) is 19.1 Å². The number of hydrogen-bond acceptors (Lipinski definition) is 5. The minimum atomic E-state index is -0.429. The number of carbonyl (C=O) groups excluding carboxylic acids is 2. The summed E-state index contributed by atoms with van der Waals surface area (Å²) in [6.45, 7) is 6.19. The first kappa shape index (κ1) is 20.0. The SMILES string of the molecule is COC(=O)C(C)CN(CCCO)C(=O)c1ccc(OC(C)C)cc1. The molecule has 0 aliphatic heterocycles. The zero-order chi connectivity index (χ0) is 18.1. The fourth-order valence-corrected chi connectivity index (χ4v) is 2.27. The van der Waals surface area contributed by atoms with E-state index in [0.717, 1.165) is 0 Å². The van der Waals surface area contributed by atoms with Crippen molar-refractivity contribution in [3.05, 3.63) is 29.8 Å². The summed E-state index contributed by atoms with van der Waals surface area (Å²) >= 11 is 0. The van der Waals surface area contributed by atoms with Crippen molar-refractivity contribution in [1.29, 1.82) is 0 Å². The van der Waals surface area contributed by atoms with Crippen LogP contribution in [0.1, 0.15) is 37.6 Å². The quantitative estimate of drug-likeness (QED) is 0.699. The third-order valence-electron chi connectivity index (χ3n) is 3.44. The number of ether oxygens (including phenoxy) is 2. The summed E-state index contributed by atoms with van der Waals surface area (Å²) in [5, 5.41) is 9.03. The summed E-state index contributed by atoms with van der Waals surface area (Å²) in [4.78, 5) is 25.8. The molecule has 0 saturated heterocycles. The Bertz CT molecular complexity index is 527. The van der Waals surface area contributed by atoms with Crippen LogP contribution in [-0.2, 0) is 9.53 Å². The second-order valence-corrected chi connectivity index (χ2v) is 5.94. The van der Waals surface area contributed by atoms with Crippen LogP contribution in [0.2, 0.25) is 0 Å². The number of nitrogens with zero attached hydrogens (tertiary/aromatic N) is 1. The maximum Gasteiger partial charge on any atom is 0.310 e. The number of amides is 1. The Labute approximate surface area is 143 Å². The van der Waals surface area contributed by atoms with E-state index in [4.69, 9.17) is 14.6 Å². The molecule has 0 aromatic heterocycles. The Balaban J connectivity index is 2.84. The molecule has 0 spiro atoms. The molecule has 0 aliphatic rings. The van der Waals surface area contributed by atoms with Crippen LogP contribution >= 0.6 is 0 Å². The van der Waals surface area contributed by atoms with Gasteiger partial charge in [-0.3, -0.25) is 9.59 Å². The van der Waals surface area contributed by atoms with Gasteiger partial charge in [0.2, 0.25) is 0 Å². The van der Waals surface area contributed by atoms with Crippen LogP contribution in [0.3, 0.4) is 0 Å². The number of esters is 1. The number of aliphatic hydroxyl groups is 1. The van der Waals surface area contributed by atoms with E-state index in [-0.39, 0.29) is 31.1 Å². The van der Waals surface area contributed by atoms with Crippen LogP contribution in [0.15, 0.2) is 24.3 Å². The van der Waals surface area contributed by atoms with Crippen molar-refractivity contribution in [3.63, 3.8) is 0 Å². The largest absolute Gasteiger partial charge is 0.491 e. The fourth-order valence-electron chi connectivity index (χ4n) is 2.27. The second kappa shape index (κ2) is 9.93. The van der Waals surface area contributed by atoms with Crippen LogP contribution in [0.5, 0.6) is 5.75 Å². The van der Waals surface area contributed by atoms with Crippen molar-refractivity contribution in [3.8, 4) is 5.75 Å². The van der Waals surface area contributed by atoms with Crippen LogP contribution in [0.25, 0.3) is 0 Å². The molecule has 1 aromatic rings. The van der Waals surface area contributed by atoms with Crippen molar-refractivity contribution >= 4 is 11.9 Å². The molecule has 134 valence electrons. The van der Waals surface area contributed by atoms with Gasteiger partial charge in [0.25, 0.3) is 5.91 Å². The molecule has 1 rings (SSSR count). The lowest BCUT2D eigenvalue weighted by Gasteiger charge is -2.25. The average molecular weight is 337 g/mol. The second-order valence-electron chi connectivity index (χ2n) is 5.94. The predicted molar refractivity (Wildman–Crippen MR) is 91.0 cm³/mol. The Morgan fingerprint density at radius 2 is 1.79 bits per heavy atom. The first-order chi connectivity index (χ1) is 11.4. The molecular weight excluding hydrogens is 310 g/mol. The van der Waals surface area contributed by atoms with Crippen LogP contribution < -0.4 is 4.74 Å². The molecule has 1 aromatic carbocycles. The standard InChI is InChI=1S/C18H27NO5/c1-13(2)24-16-8-6-15(7-9-16)17(21)19(10-5-11-20)12-14(3)18(22)23-4/h6-9,13-14,20H,5,10-12H2,1-4H3. The first-order valence-electron chi connectivity index (χ1n) is 8.13. The zero-order valence-corrected chi connectivity index (χ0v) is 14.8. The molecule has 1 amide bonds. The third-order valence-corrected chi connectivity index (χ3v) is 3.44. The summed E-state index contributed by atoms with van der Waals surface area (Å²) in [7, 11) is 1.33. The molecule has 0 fully saturated rings. The van der Waals surface area contributed by atoms with Crippen molar-refractivity contribution in [2.75, 3.05) is 26.8 Å². The molecule has 0 bridgehead atoms. The molecule has 0 heterocycles. The molecule has 0 aliphatic carbocycles. The van der Waals surface area contributed by atoms with E-state index >= 15 is 0 Å². The van der Waals surface area contributed by atoms with E-state index in [1.54, 1.807) is 36.1 Å². The molecule has 1 N–H and O–H groups in total. The average Bonchev–Trinajstić information content (AvgIpc) is 2.57. The van der Waals surface area contributed by atoms with Crippen LogP contribution in [0.4, 0.5) is 0 Å². The number of benzene rings is 1. The van der Waals surface area contributed by atoms with Crippen molar-refractivity contribution < 1.29 is 24.2 Å². The smallest absolute Gasteiger partial charge is 0.310 e. The first-order valence-corrected chi connectivity index (χ1v) is 8.13. The Hall–Kier alpha value is -2.08. The van der Waals surface area contributed by atoms with E-state index in [9.17, 15) is 9.59 Å². The zero-order valence-electron chi connectivity index (χ0n) is 14.8. The predicted octanol–water partition coefficient (Wildman–Crippen LogP) is 2.11. The molecule has 1 unspecified atom stereocenters. The minimum Gasteiger partial charge on any atom is -0.491 e. The maximum atomic E-state index is 12.7. The van der Waals surface area contributed by atoms with Gasteiger partial charge in [-0.15, -0.1) is 0 Å². The molecule has 24 heavy (non-hydrogen) atoms. The number of carbonyl (C=O) groups is 2. The van der Waals surface area contributed by atoms with Gasteiger partial charge in [0.15, 0.2) is 0 Å². The number of aliphatic hydroxyl groups excluding tert-OH is 1. The highest BCUT2D eigenvalue weighted by Crippen LogP contribution is 2.16. The Morgan fingerprint density at radius 3 is 2.29 bits per heavy atom. The van der Waals surface area contributed by atoms with Gasteiger partial charge in [-0.25, -0.2) is 0 Å². The van der Waals surface area contributed by atoms with Gasteiger partial charge >= 0.3 is 5.97 Å². The van der Waals surface area contributed by atoms with E-state index in [1.807, 2.05) is 13.8 Å². The van der Waals surface area contributed by atoms with E-state index < -0.39 is 5.92 Å². The van der Waals surface area contributed by atoms with Gasteiger partial charge < -0.3 is 19.5 Å². The Kier molecular flexibility index (Phi) is 8.26. The Morgan fingerprint density at radius 1 is 1.17 bits per heavy atom. The number of methoxy groups -OCH3 is 1. The highest BCUT2D eigenvalue weighted by atomic mass is 16.5. The summed E-state index contributed by atoms with van der Waals surface area (Å²) in [5.74, 6) is -0.277. The number of hydrogen-bond donors (Lipinski definition) is 1. The lowest BCUT2D eigenvalue weighted by Crippen LogP contribution is -2.38. The van der Waals surface area contributed by atoms with Gasteiger partial charge in [-0.1, -0.05) is 6.92 Å². The molecular formula is C18H27NO5. The normalized spacial score (nSPS) is 11.9. The fraction of sp³-hybridized carbons (Fsp3) is 0.556. The van der Waals surface area contributed by atoms with E-state index in [1.165, 1.54) is 7.11 Å². The monoisotopic (exact) mass is 337 g/mol. The molecule has 6 nitrogen and oxygen atoms in total. The molecule has 1 atom stereocenters. The van der Waals surface area contributed by atoms with Gasteiger partial charge in [-0.2, -0.15) is 0 Å². The lowest BCUT2D eigenvalue weighted by molar-refractivity contribution is -0.145. The van der Waals surface area contributed by atoms with E-state index in [0.29, 0.717) is 24.3 Å². The molecule has 0 radical (unpaired) electrons. The number of rotatable bonds is 9. The molecule has 6 heteroatoms. The van der Waals surface area contributed by atoms with Crippen LogP contribution in [-0.4, -0.2) is 54.8 Å².